The van der Waals surface area contributed by atoms with E-state index in [9.17, 15) is 14.4 Å². The molecule has 0 spiro atoms. The van der Waals surface area contributed by atoms with Crippen molar-refractivity contribution in [3.63, 3.8) is 0 Å². The van der Waals surface area contributed by atoms with Crippen LogP contribution in [0.4, 0.5) is 4.79 Å². The van der Waals surface area contributed by atoms with E-state index in [-0.39, 0.29) is 24.4 Å². The van der Waals surface area contributed by atoms with Gasteiger partial charge in [-0.2, -0.15) is 0 Å². The molecule has 0 bridgehead atoms. The van der Waals surface area contributed by atoms with Crippen LogP contribution in [0.2, 0.25) is 0 Å². The van der Waals surface area contributed by atoms with Crippen molar-refractivity contribution in [1.82, 2.24) is 9.80 Å². The van der Waals surface area contributed by atoms with Crippen LogP contribution in [-0.4, -0.2) is 58.2 Å². The van der Waals surface area contributed by atoms with Crippen LogP contribution in [0.15, 0.2) is 24.3 Å². The Morgan fingerprint density at radius 1 is 1.19 bits per heavy atom. The minimum absolute atomic E-state index is 0.218. The Bertz CT molecular complexity index is 746. The summed E-state index contributed by atoms with van der Waals surface area (Å²) >= 11 is 0. The Morgan fingerprint density at radius 3 is 2.26 bits per heavy atom. The Hall–Kier alpha value is -2.41. The molecule has 3 amide bonds. The number of ether oxygens (including phenoxy) is 2. The number of hydrogen-bond acceptors (Lipinski definition) is 5. The van der Waals surface area contributed by atoms with Crippen LogP contribution in [0.1, 0.15) is 61.8 Å². The molecule has 1 aromatic rings. The third kappa shape index (κ3) is 3.69. The molecule has 7 heteroatoms. The third-order valence-electron chi connectivity index (χ3n) is 4.73. The molecule has 2 heterocycles. The van der Waals surface area contributed by atoms with Gasteiger partial charge in [-0.25, -0.2) is 4.79 Å². The Labute approximate surface area is 159 Å². The van der Waals surface area contributed by atoms with Crippen molar-refractivity contribution in [2.75, 3.05) is 13.2 Å². The number of fused-ring (bicyclic) bond motifs is 1. The SMILES string of the molecule is CC(C)(C)OC(=O)N1[C@@H](CCN2C(=O)c3ccccc3C2=O)COC1(C)C. The smallest absolute Gasteiger partial charge is 0.412 e. The molecule has 2 aliphatic rings. The van der Waals surface area contributed by atoms with Crippen LogP contribution in [0, 0.1) is 0 Å². The van der Waals surface area contributed by atoms with Gasteiger partial charge in [0.05, 0.1) is 23.8 Å². The number of carbonyl (C=O) groups is 3. The molecule has 0 aliphatic carbocycles. The highest BCUT2D eigenvalue weighted by atomic mass is 16.6. The van der Waals surface area contributed by atoms with Crippen LogP contribution in [0.5, 0.6) is 0 Å². The third-order valence-corrected chi connectivity index (χ3v) is 4.73. The van der Waals surface area contributed by atoms with Crippen molar-refractivity contribution in [2.24, 2.45) is 0 Å². The van der Waals surface area contributed by atoms with Gasteiger partial charge < -0.3 is 9.47 Å². The molecule has 146 valence electrons. The average Bonchev–Trinajstić information content (AvgIpc) is 2.99. The molecule has 1 aromatic carbocycles. The van der Waals surface area contributed by atoms with E-state index in [1.807, 2.05) is 20.8 Å². The van der Waals surface area contributed by atoms with Crippen LogP contribution < -0.4 is 0 Å². The normalized spacial score (nSPS) is 21.6. The summed E-state index contributed by atoms with van der Waals surface area (Å²) in [4.78, 5) is 40.5. The van der Waals surface area contributed by atoms with E-state index < -0.39 is 17.4 Å². The molecule has 27 heavy (non-hydrogen) atoms. The molecule has 0 unspecified atom stereocenters. The fourth-order valence-corrected chi connectivity index (χ4v) is 3.50. The van der Waals surface area contributed by atoms with Gasteiger partial charge in [-0.3, -0.25) is 19.4 Å². The molecule has 1 saturated heterocycles. The maximum atomic E-state index is 12.7. The van der Waals surface area contributed by atoms with Gasteiger partial charge >= 0.3 is 6.09 Å². The zero-order valence-electron chi connectivity index (χ0n) is 16.4. The van der Waals surface area contributed by atoms with E-state index in [1.54, 1.807) is 43.0 Å². The number of amides is 3. The number of benzene rings is 1. The molecule has 7 nitrogen and oxygen atoms in total. The van der Waals surface area contributed by atoms with Crippen LogP contribution >= 0.6 is 0 Å². The summed E-state index contributed by atoms with van der Waals surface area (Å²) in [6, 6.07) is 6.52. The first-order chi connectivity index (χ1) is 12.5. The highest BCUT2D eigenvalue weighted by Gasteiger charge is 2.46. The molecule has 1 atom stereocenters. The van der Waals surface area contributed by atoms with Crippen molar-refractivity contribution in [3.8, 4) is 0 Å². The predicted molar refractivity (Wildman–Crippen MR) is 98.3 cm³/mol. The zero-order chi connectivity index (χ0) is 20.0. The lowest BCUT2D eigenvalue weighted by Gasteiger charge is -2.35. The van der Waals surface area contributed by atoms with Gasteiger partial charge in [-0.15, -0.1) is 0 Å². The summed E-state index contributed by atoms with van der Waals surface area (Å²) in [5.41, 5.74) is -0.582. The van der Waals surface area contributed by atoms with Crippen LogP contribution in [0.3, 0.4) is 0 Å². The molecule has 0 saturated carbocycles. The van der Waals surface area contributed by atoms with E-state index in [0.29, 0.717) is 24.2 Å². The molecular formula is C20H26N2O5. The second kappa shape index (κ2) is 6.64. The first kappa shape index (κ1) is 19.4. The van der Waals surface area contributed by atoms with Crippen molar-refractivity contribution >= 4 is 17.9 Å². The quantitative estimate of drug-likeness (QED) is 0.760. The molecule has 0 N–H and O–H groups in total. The van der Waals surface area contributed by atoms with Gasteiger partial charge in [0.1, 0.15) is 11.3 Å². The topological polar surface area (TPSA) is 76.2 Å². The fraction of sp³-hybridized carbons (Fsp3) is 0.550. The monoisotopic (exact) mass is 374 g/mol. The minimum Gasteiger partial charge on any atom is -0.444 e. The predicted octanol–water partition coefficient (Wildman–Crippen LogP) is 3.04. The Balaban J connectivity index is 1.71. The van der Waals surface area contributed by atoms with E-state index >= 15 is 0 Å². The van der Waals surface area contributed by atoms with Crippen molar-refractivity contribution in [2.45, 2.75) is 58.4 Å². The molecule has 0 radical (unpaired) electrons. The summed E-state index contributed by atoms with van der Waals surface area (Å²) in [5.74, 6) is -0.588. The van der Waals surface area contributed by atoms with E-state index in [4.69, 9.17) is 9.47 Å². The summed E-state index contributed by atoms with van der Waals surface area (Å²) in [6.45, 7) is 9.58. The highest BCUT2D eigenvalue weighted by molar-refractivity contribution is 6.21. The lowest BCUT2D eigenvalue weighted by Crippen LogP contribution is -2.50. The summed E-state index contributed by atoms with van der Waals surface area (Å²) < 4.78 is 11.3. The number of rotatable bonds is 3. The molecule has 2 aliphatic heterocycles. The van der Waals surface area contributed by atoms with Gasteiger partial charge in [-0.05, 0) is 53.2 Å². The fourth-order valence-electron chi connectivity index (χ4n) is 3.50. The van der Waals surface area contributed by atoms with Crippen LogP contribution in [0.25, 0.3) is 0 Å². The first-order valence-electron chi connectivity index (χ1n) is 9.13. The van der Waals surface area contributed by atoms with E-state index in [1.165, 1.54) is 4.90 Å². The lowest BCUT2D eigenvalue weighted by atomic mass is 10.1. The summed E-state index contributed by atoms with van der Waals surface area (Å²) in [5, 5.41) is 0. The van der Waals surface area contributed by atoms with Gasteiger partial charge in [0.15, 0.2) is 0 Å². The minimum atomic E-state index is -0.811. The van der Waals surface area contributed by atoms with Gasteiger partial charge in [0.2, 0.25) is 0 Å². The van der Waals surface area contributed by atoms with Gasteiger partial charge in [0, 0.05) is 6.54 Å². The summed E-state index contributed by atoms with van der Waals surface area (Å²) in [6.07, 6.45) is -0.0360. The van der Waals surface area contributed by atoms with E-state index in [0.717, 1.165) is 0 Å². The average molecular weight is 374 g/mol. The standard InChI is InChI=1S/C20H26N2O5/c1-19(2,3)27-18(25)22-13(12-26-20(22,4)5)10-11-21-16(23)14-8-6-7-9-15(14)17(21)24/h6-9,13H,10-12H2,1-5H3/t13-/m0/s1. The number of hydrogen-bond donors (Lipinski definition) is 0. The van der Waals surface area contributed by atoms with Crippen molar-refractivity contribution in [1.29, 1.82) is 0 Å². The second-order valence-electron chi connectivity index (χ2n) is 8.36. The number of carbonyl (C=O) groups excluding carboxylic acids is 3. The maximum Gasteiger partial charge on any atom is 0.412 e. The number of nitrogens with zero attached hydrogens (tertiary/aromatic N) is 2. The maximum absolute atomic E-state index is 12.7. The van der Waals surface area contributed by atoms with Crippen molar-refractivity contribution in [3.05, 3.63) is 35.4 Å². The van der Waals surface area contributed by atoms with E-state index in [2.05, 4.69) is 0 Å². The molecule has 1 fully saturated rings. The lowest BCUT2D eigenvalue weighted by molar-refractivity contribution is -0.0627. The molecular weight excluding hydrogens is 348 g/mol. The van der Waals surface area contributed by atoms with Crippen LogP contribution in [-0.2, 0) is 9.47 Å². The Morgan fingerprint density at radius 2 is 1.74 bits per heavy atom. The van der Waals surface area contributed by atoms with Crippen molar-refractivity contribution < 1.29 is 23.9 Å². The zero-order valence-corrected chi connectivity index (χ0v) is 16.4. The molecule has 3 rings (SSSR count). The Kier molecular flexibility index (Phi) is 4.76. The van der Waals surface area contributed by atoms with Gasteiger partial charge in [-0.1, -0.05) is 12.1 Å². The molecule has 0 aromatic heterocycles. The largest absolute Gasteiger partial charge is 0.444 e. The second-order valence-corrected chi connectivity index (χ2v) is 8.36. The number of imide groups is 1. The first-order valence-corrected chi connectivity index (χ1v) is 9.13. The van der Waals surface area contributed by atoms with Gasteiger partial charge in [0.25, 0.3) is 11.8 Å². The highest BCUT2D eigenvalue weighted by Crippen LogP contribution is 2.32. The summed E-state index contributed by atoms with van der Waals surface area (Å²) in [7, 11) is 0.